The zero-order chi connectivity index (χ0) is 16.5. The molecule has 1 aromatic heterocycles. The van der Waals surface area contributed by atoms with E-state index in [2.05, 4.69) is 29.8 Å². The second kappa shape index (κ2) is 5.82. The molecule has 1 aliphatic rings. The van der Waals surface area contributed by atoms with E-state index in [1.807, 2.05) is 48.7 Å². The number of fused-ring (bicyclic) bond motifs is 3. The molecule has 2 aromatic carbocycles. The number of phenols is 1. The fourth-order valence-electron chi connectivity index (χ4n) is 3.27. The van der Waals surface area contributed by atoms with E-state index in [-0.39, 0.29) is 0 Å². The van der Waals surface area contributed by atoms with Crippen molar-refractivity contribution in [3.63, 3.8) is 0 Å². The van der Waals surface area contributed by atoms with Gasteiger partial charge in [-0.3, -0.25) is 4.98 Å². The molecule has 0 saturated heterocycles. The van der Waals surface area contributed by atoms with Gasteiger partial charge in [-0.15, -0.1) is 6.58 Å². The van der Waals surface area contributed by atoms with Gasteiger partial charge in [-0.2, -0.15) is 0 Å². The average Bonchev–Trinajstić information content (AvgIpc) is 2.93. The third-order valence-electron chi connectivity index (χ3n) is 4.39. The van der Waals surface area contributed by atoms with Crippen molar-refractivity contribution < 1.29 is 5.11 Å². The van der Waals surface area contributed by atoms with Crippen LogP contribution in [0.15, 0.2) is 73.4 Å². The molecule has 1 aliphatic carbocycles. The molecule has 0 saturated carbocycles. The van der Waals surface area contributed by atoms with Crippen LogP contribution in [0.3, 0.4) is 0 Å². The standard InChI is InChI=1S/C22H17NO/c1-2-7-15-8-5-9-16(22(15)24)14-20-17-10-3-4-11-18(17)21-19(20)12-6-13-23-21/h2-6,8-14,24H,1,7H2. The van der Waals surface area contributed by atoms with Gasteiger partial charge in [-0.05, 0) is 35.3 Å². The molecule has 0 amide bonds. The Bertz CT molecular complexity index is 922. The van der Waals surface area contributed by atoms with Crippen LogP contribution in [0, 0.1) is 0 Å². The Hall–Kier alpha value is -3.13. The lowest BCUT2D eigenvalue weighted by Gasteiger charge is -2.07. The molecule has 24 heavy (non-hydrogen) atoms. The van der Waals surface area contributed by atoms with Crippen LogP contribution in [0.25, 0.3) is 22.9 Å². The SMILES string of the molecule is C=CCc1cccc(C=C2c3ccccc3-c3ncccc32)c1O. The first-order valence-electron chi connectivity index (χ1n) is 7.98. The maximum atomic E-state index is 10.6. The zero-order valence-electron chi connectivity index (χ0n) is 13.2. The number of aromatic hydroxyl groups is 1. The Morgan fingerprint density at radius 3 is 2.54 bits per heavy atom. The van der Waals surface area contributed by atoms with Crippen molar-refractivity contribution in [1.29, 1.82) is 0 Å². The van der Waals surface area contributed by atoms with E-state index < -0.39 is 0 Å². The maximum Gasteiger partial charge on any atom is 0.126 e. The molecule has 1 heterocycles. The highest BCUT2D eigenvalue weighted by Crippen LogP contribution is 2.44. The van der Waals surface area contributed by atoms with E-state index >= 15 is 0 Å². The second-order valence-electron chi connectivity index (χ2n) is 5.85. The highest BCUT2D eigenvalue weighted by molar-refractivity contribution is 6.05. The molecule has 0 fully saturated rings. The van der Waals surface area contributed by atoms with Gasteiger partial charge in [0.15, 0.2) is 0 Å². The van der Waals surface area contributed by atoms with Crippen LogP contribution in [-0.4, -0.2) is 10.1 Å². The van der Waals surface area contributed by atoms with Gasteiger partial charge in [0.25, 0.3) is 0 Å². The van der Waals surface area contributed by atoms with E-state index in [4.69, 9.17) is 0 Å². The van der Waals surface area contributed by atoms with Crippen molar-refractivity contribution in [2.24, 2.45) is 0 Å². The number of allylic oxidation sites excluding steroid dienone is 1. The summed E-state index contributed by atoms with van der Waals surface area (Å²) in [6.45, 7) is 3.75. The Labute approximate surface area is 141 Å². The van der Waals surface area contributed by atoms with Gasteiger partial charge in [0.05, 0.1) is 5.69 Å². The zero-order valence-corrected chi connectivity index (χ0v) is 13.2. The maximum absolute atomic E-state index is 10.6. The van der Waals surface area contributed by atoms with Gasteiger partial charge in [-0.1, -0.05) is 54.6 Å². The molecular weight excluding hydrogens is 294 g/mol. The molecule has 0 spiro atoms. The second-order valence-corrected chi connectivity index (χ2v) is 5.85. The molecule has 2 heteroatoms. The molecule has 3 aromatic rings. The van der Waals surface area contributed by atoms with Crippen LogP contribution >= 0.6 is 0 Å². The number of nitrogens with zero attached hydrogens (tertiary/aromatic N) is 1. The van der Waals surface area contributed by atoms with E-state index in [0.717, 1.165) is 39.1 Å². The van der Waals surface area contributed by atoms with Crippen molar-refractivity contribution in [2.75, 3.05) is 0 Å². The normalized spacial score (nSPS) is 13.6. The Balaban J connectivity index is 1.92. The number of phenolic OH excluding ortho intramolecular Hbond substituents is 1. The van der Waals surface area contributed by atoms with Crippen LogP contribution in [-0.2, 0) is 6.42 Å². The lowest BCUT2D eigenvalue weighted by Crippen LogP contribution is -1.87. The van der Waals surface area contributed by atoms with Gasteiger partial charge in [-0.25, -0.2) is 0 Å². The number of rotatable bonds is 3. The highest BCUT2D eigenvalue weighted by Gasteiger charge is 2.24. The number of hydrogen-bond acceptors (Lipinski definition) is 2. The van der Waals surface area contributed by atoms with Crippen LogP contribution in [0.2, 0.25) is 0 Å². The van der Waals surface area contributed by atoms with Crippen LogP contribution in [0.5, 0.6) is 5.75 Å². The van der Waals surface area contributed by atoms with Crippen LogP contribution < -0.4 is 0 Å². The Morgan fingerprint density at radius 1 is 0.917 bits per heavy atom. The van der Waals surface area contributed by atoms with Crippen molar-refractivity contribution >= 4 is 11.6 Å². The molecule has 0 aliphatic heterocycles. The molecular formula is C22H17NO. The smallest absolute Gasteiger partial charge is 0.126 e. The minimum absolute atomic E-state index is 0.319. The Morgan fingerprint density at radius 2 is 1.71 bits per heavy atom. The minimum atomic E-state index is 0.319. The first-order chi connectivity index (χ1) is 11.8. The number of aromatic nitrogens is 1. The number of hydrogen-bond donors (Lipinski definition) is 1. The summed E-state index contributed by atoms with van der Waals surface area (Å²) < 4.78 is 0. The summed E-state index contributed by atoms with van der Waals surface area (Å²) in [6, 6.07) is 18.1. The van der Waals surface area contributed by atoms with Crippen molar-refractivity contribution in [2.45, 2.75) is 6.42 Å². The van der Waals surface area contributed by atoms with Crippen molar-refractivity contribution in [3.05, 3.63) is 95.7 Å². The summed E-state index contributed by atoms with van der Waals surface area (Å²) in [4.78, 5) is 4.55. The Kier molecular flexibility index (Phi) is 3.51. The molecule has 2 nitrogen and oxygen atoms in total. The van der Waals surface area contributed by atoms with Crippen molar-refractivity contribution in [3.8, 4) is 17.0 Å². The monoisotopic (exact) mass is 311 g/mol. The third-order valence-corrected chi connectivity index (χ3v) is 4.39. The van der Waals surface area contributed by atoms with Crippen LogP contribution in [0.4, 0.5) is 0 Å². The highest BCUT2D eigenvalue weighted by atomic mass is 16.3. The molecule has 4 rings (SSSR count). The summed E-state index contributed by atoms with van der Waals surface area (Å²) in [5.41, 5.74) is 7.20. The van der Waals surface area contributed by atoms with E-state index in [1.54, 1.807) is 6.08 Å². The summed E-state index contributed by atoms with van der Waals surface area (Å²) in [5.74, 6) is 0.319. The average molecular weight is 311 g/mol. The summed E-state index contributed by atoms with van der Waals surface area (Å²) in [6.07, 6.45) is 6.32. The first-order valence-corrected chi connectivity index (χ1v) is 7.98. The van der Waals surface area contributed by atoms with Gasteiger partial charge in [0.2, 0.25) is 0 Å². The fourth-order valence-corrected chi connectivity index (χ4v) is 3.27. The van der Waals surface area contributed by atoms with E-state index in [0.29, 0.717) is 12.2 Å². The summed E-state index contributed by atoms with van der Waals surface area (Å²) >= 11 is 0. The van der Waals surface area contributed by atoms with E-state index in [1.165, 1.54) is 0 Å². The predicted octanol–water partition coefficient (Wildman–Crippen LogP) is 5.09. The summed E-state index contributed by atoms with van der Waals surface area (Å²) in [7, 11) is 0. The predicted molar refractivity (Wildman–Crippen MR) is 98.7 cm³/mol. The fraction of sp³-hybridized carbons (Fsp3) is 0.0455. The first kappa shape index (κ1) is 14.5. The lowest BCUT2D eigenvalue weighted by atomic mass is 9.99. The van der Waals surface area contributed by atoms with Gasteiger partial charge in [0.1, 0.15) is 5.75 Å². The number of pyridine rings is 1. The quantitative estimate of drug-likeness (QED) is 0.535. The minimum Gasteiger partial charge on any atom is -0.507 e. The van der Waals surface area contributed by atoms with E-state index in [9.17, 15) is 5.11 Å². The van der Waals surface area contributed by atoms with Gasteiger partial charge < -0.3 is 5.11 Å². The topological polar surface area (TPSA) is 33.1 Å². The number of para-hydroxylation sites is 1. The largest absolute Gasteiger partial charge is 0.507 e. The van der Waals surface area contributed by atoms with Crippen molar-refractivity contribution in [1.82, 2.24) is 4.98 Å². The molecule has 0 bridgehead atoms. The van der Waals surface area contributed by atoms with Gasteiger partial charge >= 0.3 is 0 Å². The molecule has 0 unspecified atom stereocenters. The molecule has 0 radical (unpaired) electrons. The number of benzene rings is 2. The molecule has 116 valence electrons. The molecule has 0 atom stereocenters. The van der Waals surface area contributed by atoms with Crippen LogP contribution in [0.1, 0.15) is 22.3 Å². The molecule has 1 N–H and O–H groups in total. The summed E-state index contributed by atoms with van der Waals surface area (Å²) in [5, 5.41) is 10.6. The lowest BCUT2D eigenvalue weighted by molar-refractivity contribution is 0.468. The van der Waals surface area contributed by atoms with Gasteiger partial charge in [0, 0.05) is 22.9 Å². The third kappa shape index (κ3) is 2.24.